The van der Waals surface area contributed by atoms with Crippen LogP contribution in [0.5, 0.6) is 0 Å². The lowest BCUT2D eigenvalue weighted by Crippen LogP contribution is -2.62. The van der Waals surface area contributed by atoms with Gasteiger partial charge < -0.3 is 80.6 Å². The average Bonchev–Trinajstić information content (AvgIpc) is 3.30. The standard InChI is InChI=1S/C52H82N2O16/c1-32-20-16-13-11-9-7-5-6-8-10-12-14-17-21-39(69-51-49(64)46(53)48(63)35(4)68-51)29-43-45(50(65)54-24-18-15-19-25-54)42(60)31-52(66,70-43)30-38(57)27-41(59)40(58)23-22-36(55)26-37(56)28-44(61)67-34(3)33(2)47(32)62/h5-14,16-17,20-21,32-43,45-49,51,55-60,62-64,66H,15,18-19,22-31,53H2,1-4H3/b6-5+,9-7+,10-8+,13-11+,14-12+,20-16+,21-17+/t32-,33-,34-,35+,36+,37+,38-,39?,40+,41+,42-,43?,45+,46-,47+,48+,49-,51-,52+/m0/s1. The second-order valence-corrected chi connectivity index (χ2v) is 19.6. The summed E-state index contributed by atoms with van der Waals surface area (Å²) in [6, 6.07) is -1.11. The molecule has 1 amide bonds. The number of nitrogens with zero attached hydrogens (tertiary/aromatic N) is 1. The Morgan fingerprint density at radius 3 is 1.86 bits per heavy atom. The van der Waals surface area contributed by atoms with E-state index < -0.39 is 141 Å². The van der Waals surface area contributed by atoms with Gasteiger partial charge in [0.15, 0.2) is 12.1 Å². The minimum Gasteiger partial charge on any atom is -0.462 e. The van der Waals surface area contributed by atoms with Gasteiger partial charge in [0.25, 0.3) is 0 Å². The number of fused-ring (bicyclic) bond motifs is 2. The van der Waals surface area contributed by atoms with E-state index in [0.29, 0.717) is 13.1 Å². The van der Waals surface area contributed by atoms with Crippen LogP contribution in [0.4, 0.5) is 0 Å². The minimum absolute atomic E-state index is 0.0835. The highest BCUT2D eigenvalue weighted by Crippen LogP contribution is 2.39. The zero-order valence-electron chi connectivity index (χ0n) is 41.1. The average molecular weight is 991 g/mol. The molecule has 3 saturated heterocycles. The summed E-state index contributed by atoms with van der Waals surface area (Å²) in [5.74, 6) is -5.24. The fourth-order valence-corrected chi connectivity index (χ4v) is 9.29. The third-order valence-corrected chi connectivity index (χ3v) is 13.7. The maximum Gasteiger partial charge on any atom is 0.308 e. The first-order chi connectivity index (χ1) is 33.2. The molecule has 396 valence electrons. The SMILES string of the molecule is C[C@@H]1[C@H](O)[C@@H](C)/C=C/C=C/C=C/C=C/C=C/C=C/C=C/C(O[C@@H]2O[C@H](C)[C@@H](O)[C@H](N)[C@@H]2O)CC2O[C@](O)(C[C@@H](O)C[C@@H](O)[C@H](O)CC[C@@H](O)C[C@@H](O)CC(=O)O[C@H]1C)C[C@H](O)[C@H]2C(=O)N1CCCCC1. The summed E-state index contributed by atoms with van der Waals surface area (Å²) >= 11 is 0. The summed E-state index contributed by atoms with van der Waals surface area (Å²) in [6.45, 7) is 7.76. The summed E-state index contributed by atoms with van der Waals surface area (Å²) in [5, 5.41) is 110. The molecule has 4 aliphatic rings. The molecule has 0 radical (unpaired) electrons. The Labute approximate surface area is 412 Å². The molecular weight excluding hydrogens is 909 g/mol. The molecular formula is C52H82N2O16. The highest BCUT2D eigenvalue weighted by molar-refractivity contribution is 5.80. The molecule has 4 aliphatic heterocycles. The van der Waals surface area contributed by atoms with Gasteiger partial charge in [-0.15, -0.1) is 0 Å². The summed E-state index contributed by atoms with van der Waals surface area (Å²) in [5.41, 5.74) is 6.13. The van der Waals surface area contributed by atoms with Gasteiger partial charge in [0.2, 0.25) is 5.91 Å². The van der Waals surface area contributed by atoms with E-state index in [9.17, 15) is 60.7 Å². The van der Waals surface area contributed by atoms with Gasteiger partial charge in [0, 0.05) is 50.6 Å². The quantitative estimate of drug-likeness (QED) is 0.179. The molecule has 2 unspecified atom stereocenters. The Kier molecular flexibility index (Phi) is 24.8. The molecule has 0 spiro atoms. The Morgan fingerprint density at radius 2 is 1.24 bits per heavy atom. The lowest BCUT2D eigenvalue weighted by Gasteiger charge is -2.47. The van der Waals surface area contributed by atoms with Crippen molar-refractivity contribution >= 4 is 11.9 Å². The molecule has 0 aromatic heterocycles. The predicted octanol–water partition coefficient (Wildman–Crippen LogP) is 1.64. The predicted molar refractivity (Wildman–Crippen MR) is 260 cm³/mol. The van der Waals surface area contributed by atoms with E-state index in [4.69, 9.17) is 24.7 Å². The van der Waals surface area contributed by atoms with Crippen LogP contribution in [-0.4, -0.2) is 178 Å². The highest BCUT2D eigenvalue weighted by atomic mass is 16.7. The van der Waals surface area contributed by atoms with Gasteiger partial charge in [-0.2, -0.15) is 0 Å². The van der Waals surface area contributed by atoms with Crippen LogP contribution in [0.2, 0.25) is 0 Å². The number of aliphatic hydroxyl groups excluding tert-OH is 9. The van der Waals surface area contributed by atoms with Crippen molar-refractivity contribution in [2.24, 2.45) is 23.5 Å². The van der Waals surface area contributed by atoms with Crippen LogP contribution < -0.4 is 5.73 Å². The number of hydrogen-bond donors (Lipinski definition) is 11. The second-order valence-electron chi connectivity index (χ2n) is 19.6. The molecule has 12 N–H and O–H groups in total. The van der Waals surface area contributed by atoms with Crippen molar-refractivity contribution in [3.63, 3.8) is 0 Å². The van der Waals surface area contributed by atoms with Crippen molar-refractivity contribution in [3.8, 4) is 0 Å². The molecule has 19 atom stereocenters. The van der Waals surface area contributed by atoms with Crippen LogP contribution in [0, 0.1) is 17.8 Å². The number of cyclic esters (lactones) is 1. The number of aliphatic hydroxyl groups is 10. The van der Waals surface area contributed by atoms with Crippen LogP contribution in [0.25, 0.3) is 0 Å². The molecule has 4 heterocycles. The zero-order chi connectivity index (χ0) is 51.5. The molecule has 70 heavy (non-hydrogen) atoms. The molecule has 0 aromatic carbocycles. The maximum absolute atomic E-state index is 14.2. The van der Waals surface area contributed by atoms with Crippen molar-refractivity contribution < 1.29 is 79.6 Å². The number of piperidine rings is 1. The van der Waals surface area contributed by atoms with Crippen molar-refractivity contribution in [2.75, 3.05) is 13.1 Å². The zero-order valence-corrected chi connectivity index (χ0v) is 41.1. The molecule has 0 saturated carbocycles. The lowest BCUT2D eigenvalue weighted by molar-refractivity contribution is -0.308. The van der Waals surface area contributed by atoms with E-state index in [1.54, 1.807) is 62.1 Å². The lowest BCUT2D eigenvalue weighted by atomic mass is 9.81. The molecule has 18 nitrogen and oxygen atoms in total. The molecule has 4 rings (SSSR count). The third-order valence-electron chi connectivity index (χ3n) is 13.7. The molecule has 18 heteroatoms. The Morgan fingerprint density at radius 1 is 0.657 bits per heavy atom. The van der Waals surface area contributed by atoms with Crippen LogP contribution in [0.15, 0.2) is 85.1 Å². The van der Waals surface area contributed by atoms with Gasteiger partial charge in [-0.1, -0.05) is 98.9 Å². The summed E-state index contributed by atoms with van der Waals surface area (Å²) in [4.78, 5) is 28.5. The summed E-state index contributed by atoms with van der Waals surface area (Å²) in [7, 11) is 0. The van der Waals surface area contributed by atoms with Crippen LogP contribution in [0.1, 0.15) is 98.3 Å². The number of likely N-dealkylation sites (tertiary alicyclic amines) is 1. The first-order valence-electron chi connectivity index (χ1n) is 25.0. The number of allylic oxidation sites excluding steroid dienone is 12. The van der Waals surface area contributed by atoms with E-state index in [1.807, 2.05) is 55.5 Å². The van der Waals surface area contributed by atoms with E-state index >= 15 is 0 Å². The minimum atomic E-state index is -2.24. The van der Waals surface area contributed by atoms with Gasteiger partial charge in [-0.25, -0.2) is 0 Å². The van der Waals surface area contributed by atoms with Crippen molar-refractivity contribution in [1.29, 1.82) is 0 Å². The fourth-order valence-electron chi connectivity index (χ4n) is 9.29. The van der Waals surface area contributed by atoms with E-state index in [-0.39, 0.29) is 37.5 Å². The number of hydrogen-bond acceptors (Lipinski definition) is 17. The first-order valence-corrected chi connectivity index (χ1v) is 25.0. The molecule has 2 bridgehead atoms. The smallest absolute Gasteiger partial charge is 0.308 e. The number of amides is 1. The number of esters is 1. The maximum atomic E-state index is 14.2. The number of carbonyl (C=O) groups is 2. The summed E-state index contributed by atoms with van der Waals surface area (Å²) in [6.07, 6.45) is 7.94. The fraction of sp³-hybridized carbons (Fsp3) is 0.692. The third kappa shape index (κ3) is 18.9. The first kappa shape index (κ1) is 59.1. The van der Waals surface area contributed by atoms with Gasteiger partial charge in [0.05, 0.1) is 85.5 Å². The number of rotatable bonds is 3. The Bertz CT molecular complexity index is 1800. The topological polar surface area (TPSA) is 303 Å². The van der Waals surface area contributed by atoms with E-state index in [2.05, 4.69) is 0 Å². The summed E-state index contributed by atoms with van der Waals surface area (Å²) < 4.78 is 23.9. The van der Waals surface area contributed by atoms with Gasteiger partial charge >= 0.3 is 5.97 Å². The van der Waals surface area contributed by atoms with Crippen molar-refractivity contribution in [2.45, 2.75) is 196 Å². The largest absolute Gasteiger partial charge is 0.462 e. The Hall–Kier alpha value is -3.44. The van der Waals surface area contributed by atoms with Gasteiger partial charge in [-0.05, 0) is 52.4 Å². The van der Waals surface area contributed by atoms with Gasteiger partial charge in [-0.3, -0.25) is 9.59 Å². The monoisotopic (exact) mass is 991 g/mol. The molecule has 3 fully saturated rings. The number of ether oxygens (including phenoxy) is 4. The van der Waals surface area contributed by atoms with Crippen LogP contribution >= 0.6 is 0 Å². The van der Waals surface area contributed by atoms with E-state index in [1.165, 1.54) is 0 Å². The molecule has 0 aliphatic carbocycles. The molecule has 0 aromatic rings. The van der Waals surface area contributed by atoms with Crippen LogP contribution in [-0.2, 0) is 28.5 Å². The normalized spacial score (nSPS) is 44.4. The van der Waals surface area contributed by atoms with Crippen molar-refractivity contribution in [1.82, 2.24) is 4.90 Å². The number of carbonyl (C=O) groups excluding carboxylic acids is 2. The van der Waals surface area contributed by atoms with E-state index in [0.717, 1.165) is 19.3 Å². The second kappa shape index (κ2) is 29.3. The highest BCUT2D eigenvalue weighted by Gasteiger charge is 2.51. The Balaban J connectivity index is 1.60. The van der Waals surface area contributed by atoms with Gasteiger partial charge in [0.1, 0.15) is 12.2 Å². The van der Waals surface area contributed by atoms with Crippen LogP contribution in [0.3, 0.4) is 0 Å². The number of nitrogens with two attached hydrogens (primary N) is 1. The van der Waals surface area contributed by atoms with Crippen molar-refractivity contribution in [3.05, 3.63) is 85.1 Å².